The summed E-state index contributed by atoms with van der Waals surface area (Å²) in [7, 11) is 0. The Kier molecular flexibility index (Phi) is 6.43. The average Bonchev–Trinajstić information content (AvgIpc) is 3.29. The number of halogens is 2. The molecule has 1 saturated heterocycles. The minimum atomic E-state index is -2.88. The van der Waals surface area contributed by atoms with Gasteiger partial charge in [0.05, 0.1) is 11.0 Å². The van der Waals surface area contributed by atoms with Gasteiger partial charge in [0.1, 0.15) is 5.82 Å². The number of aromatic nitrogens is 2. The zero-order valence-electron chi connectivity index (χ0n) is 22.1. The first-order chi connectivity index (χ1) is 18.2. The molecular weight excluding hydrogens is 484 g/mol. The lowest BCUT2D eigenvalue weighted by molar-refractivity contribution is -0.138. The second-order valence-corrected chi connectivity index (χ2v) is 12.1. The lowest BCUT2D eigenvalue weighted by atomic mass is 9.65. The van der Waals surface area contributed by atoms with Crippen LogP contribution in [0, 0.1) is 11.3 Å². The molecule has 0 atom stereocenters. The molecule has 1 aliphatic heterocycles. The number of aliphatic carboxylic acids is 1. The minimum absolute atomic E-state index is 0.0516. The van der Waals surface area contributed by atoms with Crippen LogP contribution in [0.3, 0.4) is 0 Å². The molecule has 7 heteroatoms. The summed E-state index contributed by atoms with van der Waals surface area (Å²) < 4.78 is 28.4. The molecule has 2 heterocycles. The van der Waals surface area contributed by atoms with Crippen LogP contribution in [0.4, 0.5) is 14.5 Å². The van der Waals surface area contributed by atoms with E-state index in [1.165, 1.54) is 5.69 Å². The third-order valence-corrected chi connectivity index (χ3v) is 9.63. The van der Waals surface area contributed by atoms with E-state index in [-0.39, 0.29) is 5.56 Å². The van der Waals surface area contributed by atoms with Crippen molar-refractivity contribution in [2.75, 3.05) is 18.0 Å². The number of carboxylic acids is 1. The quantitative estimate of drug-likeness (QED) is 0.346. The van der Waals surface area contributed by atoms with Crippen molar-refractivity contribution in [2.45, 2.75) is 83.0 Å². The monoisotopic (exact) mass is 521 g/mol. The van der Waals surface area contributed by atoms with Crippen molar-refractivity contribution in [1.29, 1.82) is 0 Å². The molecule has 0 bridgehead atoms. The molecule has 2 aromatic carbocycles. The Morgan fingerprint density at radius 1 is 1.08 bits per heavy atom. The number of carboxylic acid groups (broad SMARTS) is 1. The summed E-state index contributed by atoms with van der Waals surface area (Å²) in [6.45, 7) is 3.00. The Hall–Kier alpha value is -2.96. The number of carbonyl (C=O) groups is 1. The number of hydrogen-bond acceptors (Lipinski definition) is 3. The highest BCUT2D eigenvalue weighted by atomic mass is 19.3. The van der Waals surface area contributed by atoms with E-state index in [9.17, 15) is 13.6 Å². The van der Waals surface area contributed by atoms with Gasteiger partial charge in [-0.05, 0) is 111 Å². The first-order valence-corrected chi connectivity index (χ1v) is 14.2. The van der Waals surface area contributed by atoms with Gasteiger partial charge >= 0.3 is 5.97 Å². The van der Waals surface area contributed by atoms with E-state index >= 15 is 0 Å². The van der Waals surface area contributed by atoms with Gasteiger partial charge in [-0.1, -0.05) is 6.42 Å². The highest BCUT2D eigenvalue weighted by Crippen LogP contribution is 2.47. The molecule has 3 aromatic rings. The van der Waals surface area contributed by atoms with Gasteiger partial charge in [0, 0.05) is 43.2 Å². The van der Waals surface area contributed by atoms with Crippen molar-refractivity contribution in [1.82, 2.24) is 9.97 Å². The van der Waals surface area contributed by atoms with Crippen molar-refractivity contribution in [3.8, 4) is 11.4 Å². The number of nitrogens with zero attached hydrogens (tertiary/aromatic N) is 2. The molecule has 3 fully saturated rings. The molecule has 38 heavy (non-hydrogen) atoms. The summed E-state index contributed by atoms with van der Waals surface area (Å²) in [5.41, 5.74) is 5.04. The molecule has 0 radical (unpaired) electrons. The third-order valence-electron chi connectivity index (χ3n) is 9.63. The van der Waals surface area contributed by atoms with Gasteiger partial charge < -0.3 is 15.0 Å². The molecule has 6 rings (SSSR count). The molecule has 1 aromatic heterocycles. The maximum Gasteiger partial charge on any atom is 0.303 e. The Bertz CT molecular complexity index is 1310. The van der Waals surface area contributed by atoms with Gasteiger partial charge in [0.15, 0.2) is 0 Å². The molecule has 0 unspecified atom stereocenters. The van der Waals surface area contributed by atoms with Gasteiger partial charge in [-0.2, -0.15) is 0 Å². The van der Waals surface area contributed by atoms with E-state index in [0.717, 1.165) is 100 Å². The number of hydrogen-bond donors (Lipinski definition) is 2. The molecule has 2 saturated carbocycles. The molecule has 2 N–H and O–H groups in total. The SMILES string of the molecule is CC(F)(F)c1cc(C2CCC2)c2nc(-c3ccc(N4CCC5(CCC(CC(=O)O)CC5)CC4)cc3)[nH]c2c1. The summed E-state index contributed by atoms with van der Waals surface area (Å²) in [6.07, 6.45) is 10.2. The van der Waals surface area contributed by atoms with E-state index in [0.29, 0.717) is 29.2 Å². The predicted octanol–water partition coefficient (Wildman–Crippen LogP) is 7.86. The largest absolute Gasteiger partial charge is 0.481 e. The zero-order chi connectivity index (χ0) is 26.5. The number of benzene rings is 2. The van der Waals surface area contributed by atoms with Crippen LogP contribution in [0.25, 0.3) is 22.4 Å². The zero-order valence-corrected chi connectivity index (χ0v) is 22.1. The number of nitrogens with one attached hydrogen (secondary N) is 1. The van der Waals surface area contributed by atoms with E-state index in [1.807, 2.05) is 0 Å². The van der Waals surface area contributed by atoms with E-state index < -0.39 is 11.9 Å². The summed E-state index contributed by atoms with van der Waals surface area (Å²) in [4.78, 5) is 21.7. The summed E-state index contributed by atoms with van der Waals surface area (Å²) >= 11 is 0. The highest BCUT2D eigenvalue weighted by Gasteiger charge is 2.38. The molecule has 0 amide bonds. The lowest BCUT2D eigenvalue weighted by Crippen LogP contribution is -2.42. The maximum atomic E-state index is 14.2. The summed E-state index contributed by atoms with van der Waals surface area (Å²) in [5, 5.41) is 9.10. The number of anilines is 1. The molecule has 2 aliphatic carbocycles. The van der Waals surface area contributed by atoms with Crippen LogP contribution in [0.2, 0.25) is 0 Å². The van der Waals surface area contributed by atoms with Gasteiger partial charge in [-0.25, -0.2) is 13.8 Å². The fraction of sp³-hybridized carbons (Fsp3) is 0.548. The van der Waals surface area contributed by atoms with Crippen molar-refractivity contribution in [2.24, 2.45) is 11.3 Å². The van der Waals surface area contributed by atoms with Crippen LogP contribution >= 0.6 is 0 Å². The number of alkyl halides is 2. The number of H-pyrrole nitrogens is 1. The number of fused-ring (bicyclic) bond motifs is 1. The fourth-order valence-corrected chi connectivity index (χ4v) is 6.88. The van der Waals surface area contributed by atoms with Crippen LogP contribution in [-0.2, 0) is 10.7 Å². The predicted molar refractivity (Wildman–Crippen MR) is 146 cm³/mol. The maximum absolute atomic E-state index is 14.2. The van der Waals surface area contributed by atoms with Crippen LogP contribution in [-0.4, -0.2) is 34.1 Å². The van der Waals surface area contributed by atoms with E-state index in [1.54, 1.807) is 12.1 Å². The van der Waals surface area contributed by atoms with Crippen LogP contribution in [0.15, 0.2) is 36.4 Å². The van der Waals surface area contributed by atoms with Crippen molar-refractivity contribution in [3.05, 3.63) is 47.5 Å². The number of rotatable bonds is 6. The first-order valence-electron chi connectivity index (χ1n) is 14.2. The van der Waals surface area contributed by atoms with E-state index in [2.05, 4.69) is 34.1 Å². The molecule has 5 nitrogen and oxygen atoms in total. The molecule has 3 aliphatic rings. The van der Waals surface area contributed by atoms with Gasteiger partial charge in [0.25, 0.3) is 5.92 Å². The summed E-state index contributed by atoms with van der Waals surface area (Å²) in [6, 6.07) is 11.7. The van der Waals surface area contributed by atoms with Crippen LogP contribution < -0.4 is 4.90 Å². The standard InChI is InChI=1S/C31H37F2N3O2/c1-30(32,33)23-18-25(21-3-2-4-21)28-26(19-23)34-29(35-28)22-5-7-24(8-6-22)36-15-13-31(14-16-36)11-9-20(10-12-31)17-27(37)38/h5-8,18-21H,2-4,9-17H2,1H3,(H,34,35)(H,37,38). The fourth-order valence-electron chi connectivity index (χ4n) is 6.88. The smallest absolute Gasteiger partial charge is 0.303 e. The lowest BCUT2D eigenvalue weighted by Gasteiger charge is -2.46. The van der Waals surface area contributed by atoms with Gasteiger partial charge in [-0.3, -0.25) is 4.79 Å². The molecular formula is C31H37F2N3O2. The van der Waals surface area contributed by atoms with Crippen LogP contribution in [0.5, 0.6) is 0 Å². The van der Waals surface area contributed by atoms with Gasteiger partial charge in [-0.15, -0.1) is 0 Å². The Morgan fingerprint density at radius 3 is 2.34 bits per heavy atom. The first kappa shape index (κ1) is 25.3. The Balaban J connectivity index is 1.16. The second-order valence-electron chi connectivity index (χ2n) is 12.1. The number of aromatic amines is 1. The third kappa shape index (κ3) is 4.92. The molecule has 1 spiro atoms. The average molecular weight is 522 g/mol. The van der Waals surface area contributed by atoms with Crippen molar-refractivity contribution in [3.63, 3.8) is 0 Å². The van der Waals surface area contributed by atoms with Crippen LogP contribution in [0.1, 0.15) is 88.2 Å². The number of piperidine rings is 1. The van der Waals surface area contributed by atoms with Gasteiger partial charge in [0.2, 0.25) is 0 Å². The topological polar surface area (TPSA) is 69.2 Å². The normalized spacial score (nSPS) is 20.7. The second kappa shape index (κ2) is 9.65. The summed E-state index contributed by atoms with van der Waals surface area (Å²) in [5.74, 6) is -2.17. The van der Waals surface area contributed by atoms with E-state index in [4.69, 9.17) is 10.1 Å². The van der Waals surface area contributed by atoms with Crippen molar-refractivity contribution >= 4 is 22.7 Å². The molecule has 202 valence electrons. The minimum Gasteiger partial charge on any atom is -0.481 e. The highest BCUT2D eigenvalue weighted by molar-refractivity contribution is 5.84. The Morgan fingerprint density at radius 2 is 1.76 bits per heavy atom. The van der Waals surface area contributed by atoms with Crippen molar-refractivity contribution < 1.29 is 18.7 Å². The number of imidazole rings is 1. The Labute approximate surface area is 222 Å².